The van der Waals surface area contributed by atoms with Crippen molar-refractivity contribution in [3.63, 3.8) is 0 Å². The Bertz CT molecular complexity index is 391. The van der Waals surface area contributed by atoms with Crippen LogP contribution in [0.15, 0.2) is 12.1 Å². The van der Waals surface area contributed by atoms with E-state index in [1.54, 1.807) is 0 Å². The van der Waals surface area contributed by atoms with E-state index < -0.39 is 0 Å². The molecule has 0 aliphatic heterocycles. The molecule has 1 unspecified atom stereocenters. The van der Waals surface area contributed by atoms with Crippen LogP contribution in [-0.2, 0) is 0 Å². The van der Waals surface area contributed by atoms with Gasteiger partial charge in [-0.1, -0.05) is 37.5 Å². The van der Waals surface area contributed by atoms with Gasteiger partial charge >= 0.3 is 0 Å². The molecule has 1 aliphatic rings. The van der Waals surface area contributed by atoms with Gasteiger partial charge < -0.3 is 5.11 Å². The predicted molar refractivity (Wildman–Crippen MR) is 72.2 cm³/mol. The predicted octanol–water partition coefficient (Wildman–Crippen LogP) is 4.23. The van der Waals surface area contributed by atoms with Crippen molar-refractivity contribution in [1.82, 2.24) is 0 Å². The third-order valence-electron chi connectivity index (χ3n) is 4.42. The second kappa shape index (κ2) is 4.45. The molecule has 1 fully saturated rings. The van der Waals surface area contributed by atoms with E-state index in [1.807, 2.05) is 0 Å². The Kier molecular flexibility index (Phi) is 3.31. The minimum absolute atomic E-state index is 0.0881. The standard InChI is InChI=1S/C16H24O/c1-11-9-12(2)14(13(3)10-11)15(17)16(4)7-5-6-8-16/h9-10,15,17H,5-8H2,1-4H3. The van der Waals surface area contributed by atoms with Gasteiger partial charge in [0.05, 0.1) is 6.10 Å². The van der Waals surface area contributed by atoms with Crippen molar-refractivity contribution in [2.75, 3.05) is 0 Å². The fourth-order valence-corrected chi connectivity index (χ4v) is 3.43. The molecule has 0 heterocycles. The molecular weight excluding hydrogens is 208 g/mol. The fraction of sp³-hybridized carbons (Fsp3) is 0.625. The summed E-state index contributed by atoms with van der Waals surface area (Å²) in [4.78, 5) is 0. The number of hydrogen-bond acceptors (Lipinski definition) is 1. The highest BCUT2D eigenvalue weighted by Gasteiger charge is 2.37. The molecule has 1 atom stereocenters. The van der Waals surface area contributed by atoms with Gasteiger partial charge in [-0.2, -0.15) is 0 Å². The van der Waals surface area contributed by atoms with Crippen LogP contribution < -0.4 is 0 Å². The minimum Gasteiger partial charge on any atom is -0.388 e. The summed E-state index contributed by atoms with van der Waals surface area (Å²) in [6.45, 7) is 8.60. The maximum absolute atomic E-state index is 10.7. The van der Waals surface area contributed by atoms with Crippen molar-refractivity contribution in [3.8, 4) is 0 Å². The van der Waals surface area contributed by atoms with Crippen molar-refractivity contribution < 1.29 is 5.11 Å². The zero-order valence-electron chi connectivity index (χ0n) is 11.5. The van der Waals surface area contributed by atoms with Crippen LogP contribution >= 0.6 is 0 Å². The van der Waals surface area contributed by atoms with Crippen LogP contribution in [-0.4, -0.2) is 5.11 Å². The summed E-state index contributed by atoms with van der Waals surface area (Å²) < 4.78 is 0. The molecule has 94 valence electrons. The van der Waals surface area contributed by atoms with E-state index in [0.717, 1.165) is 12.8 Å². The quantitative estimate of drug-likeness (QED) is 0.809. The zero-order chi connectivity index (χ0) is 12.6. The Morgan fingerprint density at radius 1 is 1.06 bits per heavy atom. The lowest BCUT2D eigenvalue weighted by Crippen LogP contribution is -2.23. The second-order valence-corrected chi connectivity index (χ2v) is 6.08. The molecule has 1 N–H and O–H groups in total. The summed E-state index contributed by atoms with van der Waals surface area (Å²) in [5.41, 5.74) is 5.02. The van der Waals surface area contributed by atoms with Gasteiger partial charge in [-0.15, -0.1) is 0 Å². The highest BCUT2D eigenvalue weighted by molar-refractivity contribution is 5.39. The minimum atomic E-state index is -0.300. The van der Waals surface area contributed by atoms with Gasteiger partial charge in [-0.3, -0.25) is 0 Å². The van der Waals surface area contributed by atoms with E-state index >= 15 is 0 Å². The van der Waals surface area contributed by atoms with E-state index in [4.69, 9.17) is 0 Å². The van der Waals surface area contributed by atoms with Crippen molar-refractivity contribution in [2.45, 2.75) is 59.5 Å². The van der Waals surface area contributed by atoms with Crippen molar-refractivity contribution >= 4 is 0 Å². The first-order valence-electron chi connectivity index (χ1n) is 6.70. The molecule has 0 aromatic heterocycles. The van der Waals surface area contributed by atoms with Crippen LogP contribution in [0.3, 0.4) is 0 Å². The first kappa shape index (κ1) is 12.6. The van der Waals surface area contributed by atoms with E-state index in [2.05, 4.69) is 39.8 Å². The second-order valence-electron chi connectivity index (χ2n) is 6.08. The number of hydrogen-bond donors (Lipinski definition) is 1. The fourth-order valence-electron chi connectivity index (χ4n) is 3.43. The molecule has 17 heavy (non-hydrogen) atoms. The van der Waals surface area contributed by atoms with Gasteiger partial charge in [0.25, 0.3) is 0 Å². The molecule has 0 radical (unpaired) electrons. The molecule has 0 spiro atoms. The van der Waals surface area contributed by atoms with Gasteiger partial charge in [0.15, 0.2) is 0 Å². The number of aliphatic hydroxyl groups excluding tert-OH is 1. The average Bonchev–Trinajstić information content (AvgIpc) is 2.64. The lowest BCUT2D eigenvalue weighted by Gasteiger charge is -2.32. The normalized spacial score (nSPS) is 20.5. The van der Waals surface area contributed by atoms with Crippen LogP contribution in [0, 0.1) is 26.2 Å². The maximum atomic E-state index is 10.7. The highest BCUT2D eigenvalue weighted by Crippen LogP contribution is 2.48. The zero-order valence-corrected chi connectivity index (χ0v) is 11.5. The van der Waals surface area contributed by atoms with Crippen LogP contribution in [0.25, 0.3) is 0 Å². The van der Waals surface area contributed by atoms with E-state index in [0.29, 0.717) is 0 Å². The van der Waals surface area contributed by atoms with Gasteiger partial charge in [-0.25, -0.2) is 0 Å². The van der Waals surface area contributed by atoms with Crippen molar-refractivity contribution in [1.29, 1.82) is 0 Å². The van der Waals surface area contributed by atoms with E-state index in [1.165, 1.54) is 35.1 Å². The molecule has 1 saturated carbocycles. The number of aryl methyl sites for hydroxylation is 3. The topological polar surface area (TPSA) is 20.2 Å². The number of aliphatic hydroxyl groups is 1. The average molecular weight is 232 g/mol. The van der Waals surface area contributed by atoms with Gasteiger partial charge in [-0.05, 0) is 55.7 Å². The number of benzene rings is 1. The molecule has 2 rings (SSSR count). The SMILES string of the molecule is Cc1cc(C)c(C(O)C2(C)CCCC2)c(C)c1. The molecular formula is C16H24O. The molecule has 1 nitrogen and oxygen atoms in total. The first-order valence-corrected chi connectivity index (χ1v) is 6.70. The maximum Gasteiger partial charge on any atom is 0.0848 e. The van der Waals surface area contributed by atoms with E-state index in [-0.39, 0.29) is 11.5 Å². The Morgan fingerprint density at radius 2 is 1.53 bits per heavy atom. The van der Waals surface area contributed by atoms with Crippen LogP contribution in [0.4, 0.5) is 0 Å². The first-order chi connectivity index (χ1) is 7.94. The molecule has 0 saturated heterocycles. The van der Waals surface area contributed by atoms with Gasteiger partial charge in [0.1, 0.15) is 0 Å². The smallest absolute Gasteiger partial charge is 0.0848 e. The van der Waals surface area contributed by atoms with Gasteiger partial charge in [0.2, 0.25) is 0 Å². The molecule has 0 amide bonds. The van der Waals surface area contributed by atoms with Crippen LogP contribution in [0.5, 0.6) is 0 Å². The largest absolute Gasteiger partial charge is 0.388 e. The Morgan fingerprint density at radius 3 is 2.00 bits per heavy atom. The van der Waals surface area contributed by atoms with Crippen molar-refractivity contribution in [2.24, 2.45) is 5.41 Å². The molecule has 0 bridgehead atoms. The molecule has 1 heteroatoms. The monoisotopic (exact) mass is 232 g/mol. The molecule has 1 aliphatic carbocycles. The summed E-state index contributed by atoms with van der Waals surface area (Å²) >= 11 is 0. The summed E-state index contributed by atoms with van der Waals surface area (Å²) in [6.07, 6.45) is 4.53. The summed E-state index contributed by atoms with van der Waals surface area (Å²) in [5, 5.41) is 10.7. The van der Waals surface area contributed by atoms with Crippen LogP contribution in [0.1, 0.15) is 61.0 Å². The van der Waals surface area contributed by atoms with Crippen molar-refractivity contribution in [3.05, 3.63) is 34.4 Å². The Labute approximate surface area is 105 Å². The summed E-state index contributed by atoms with van der Waals surface area (Å²) in [7, 11) is 0. The molecule has 1 aromatic carbocycles. The third kappa shape index (κ3) is 2.26. The lowest BCUT2D eigenvalue weighted by molar-refractivity contribution is 0.0398. The van der Waals surface area contributed by atoms with Crippen LogP contribution in [0.2, 0.25) is 0 Å². The lowest BCUT2D eigenvalue weighted by atomic mass is 9.77. The Hall–Kier alpha value is -0.820. The molecule has 1 aromatic rings. The summed E-state index contributed by atoms with van der Waals surface area (Å²) in [6, 6.07) is 4.37. The number of rotatable bonds is 2. The highest BCUT2D eigenvalue weighted by atomic mass is 16.3. The summed E-state index contributed by atoms with van der Waals surface area (Å²) in [5.74, 6) is 0. The third-order valence-corrected chi connectivity index (χ3v) is 4.42. The Balaban J connectivity index is 2.40. The van der Waals surface area contributed by atoms with E-state index in [9.17, 15) is 5.11 Å². The van der Waals surface area contributed by atoms with Gasteiger partial charge in [0, 0.05) is 0 Å².